The monoisotopic (exact) mass is 404 g/mol. The summed E-state index contributed by atoms with van der Waals surface area (Å²) in [5, 5.41) is 3.10. The second kappa shape index (κ2) is 8.25. The molecular formula is C26H32N2O2. The first-order valence-corrected chi connectivity index (χ1v) is 11.1. The van der Waals surface area contributed by atoms with E-state index in [4.69, 9.17) is 0 Å². The molecule has 4 nitrogen and oxygen atoms in total. The van der Waals surface area contributed by atoms with Gasteiger partial charge in [-0.1, -0.05) is 42.5 Å². The van der Waals surface area contributed by atoms with Gasteiger partial charge in [-0.25, -0.2) is 4.79 Å². The third-order valence-corrected chi connectivity index (χ3v) is 7.15. The van der Waals surface area contributed by atoms with Gasteiger partial charge in [-0.3, -0.25) is 0 Å². The van der Waals surface area contributed by atoms with Crippen molar-refractivity contribution in [2.45, 2.75) is 64.3 Å². The maximum Gasteiger partial charge on any atom is 0.317 e. The number of nitrogens with zero attached hydrogens (tertiary/aromatic N) is 1. The molecule has 30 heavy (non-hydrogen) atoms. The highest BCUT2D eigenvalue weighted by atomic mass is 16.2. The first-order chi connectivity index (χ1) is 14.4. The Morgan fingerprint density at radius 3 is 2.43 bits per heavy atom. The molecule has 1 fully saturated rings. The van der Waals surface area contributed by atoms with Gasteiger partial charge in [-0.05, 0) is 79.2 Å². The first-order valence-electron chi connectivity index (χ1n) is 11.1. The molecule has 1 aliphatic carbocycles. The van der Waals surface area contributed by atoms with Crippen LogP contribution in [0.5, 0.6) is 0 Å². The molecule has 0 radical (unpaired) electrons. The number of ketones is 1. The lowest BCUT2D eigenvalue weighted by Gasteiger charge is -2.41. The van der Waals surface area contributed by atoms with Crippen LogP contribution in [0.1, 0.15) is 66.3 Å². The second-order valence-corrected chi connectivity index (χ2v) is 9.20. The number of Topliss-reactive ketones (excluding diaryl/α,β-unsaturated/α-hetero) is 1. The Kier molecular flexibility index (Phi) is 5.68. The normalized spacial score (nSPS) is 19.6. The number of urea groups is 1. The molecule has 1 heterocycles. The zero-order valence-corrected chi connectivity index (χ0v) is 18.3. The summed E-state index contributed by atoms with van der Waals surface area (Å²) in [7, 11) is 0. The van der Waals surface area contributed by atoms with Gasteiger partial charge in [-0.2, -0.15) is 0 Å². The van der Waals surface area contributed by atoms with E-state index in [0.717, 1.165) is 37.9 Å². The number of hydrogen-bond acceptors (Lipinski definition) is 2. The van der Waals surface area contributed by atoms with Crippen LogP contribution < -0.4 is 5.32 Å². The summed E-state index contributed by atoms with van der Waals surface area (Å²) < 4.78 is 0. The molecule has 4 heteroatoms. The smallest absolute Gasteiger partial charge is 0.317 e. The van der Waals surface area contributed by atoms with Gasteiger partial charge in [0.15, 0.2) is 0 Å². The highest BCUT2D eigenvalue weighted by Gasteiger charge is 2.46. The molecule has 2 aromatic rings. The third kappa shape index (κ3) is 3.88. The summed E-state index contributed by atoms with van der Waals surface area (Å²) >= 11 is 0. The molecular weight excluding hydrogens is 372 g/mol. The lowest BCUT2D eigenvalue weighted by atomic mass is 9.72. The van der Waals surface area contributed by atoms with Crippen LogP contribution in [0.4, 0.5) is 4.79 Å². The van der Waals surface area contributed by atoms with Gasteiger partial charge in [0.05, 0.1) is 0 Å². The minimum absolute atomic E-state index is 0.0244. The summed E-state index contributed by atoms with van der Waals surface area (Å²) in [5.74, 6) is 0.580. The fraction of sp³-hybridized carbons (Fsp3) is 0.462. The molecule has 1 N–H and O–H groups in total. The predicted octanol–water partition coefficient (Wildman–Crippen LogP) is 5.01. The van der Waals surface area contributed by atoms with E-state index in [9.17, 15) is 9.59 Å². The van der Waals surface area contributed by atoms with Crippen LogP contribution in [0, 0.1) is 13.8 Å². The van der Waals surface area contributed by atoms with Gasteiger partial charge in [0.25, 0.3) is 0 Å². The Labute approximate surface area is 179 Å². The molecule has 2 aliphatic rings. The lowest BCUT2D eigenvalue weighted by molar-refractivity contribution is -0.117. The minimum Gasteiger partial charge on any atom is -0.334 e. The molecule has 0 bridgehead atoms. The van der Waals surface area contributed by atoms with E-state index >= 15 is 0 Å². The largest absolute Gasteiger partial charge is 0.334 e. The van der Waals surface area contributed by atoms with Crippen molar-refractivity contribution in [2.24, 2.45) is 0 Å². The Morgan fingerprint density at radius 2 is 1.73 bits per heavy atom. The number of likely N-dealkylation sites (tertiary alicyclic amines) is 1. The Morgan fingerprint density at radius 1 is 1.03 bits per heavy atom. The maximum atomic E-state index is 12.8. The van der Waals surface area contributed by atoms with Crippen molar-refractivity contribution in [2.75, 3.05) is 13.1 Å². The van der Waals surface area contributed by atoms with Crippen LogP contribution in [0.25, 0.3) is 0 Å². The Bertz CT molecular complexity index is 957. The quantitative estimate of drug-likeness (QED) is 0.778. The summed E-state index contributed by atoms with van der Waals surface area (Å²) in [4.78, 5) is 26.6. The predicted molar refractivity (Wildman–Crippen MR) is 120 cm³/mol. The number of nitrogens with one attached hydrogen (secondary N) is 1. The van der Waals surface area contributed by atoms with Gasteiger partial charge < -0.3 is 15.0 Å². The number of benzene rings is 2. The van der Waals surface area contributed by atoms with Gasteiger partial charge >= 0.3 is 6.03 Å². The van der Waals surface area contributed by atoms with Crippen LogP contribution >= 0.6 is 0 Å². The van der Waals surface area contributed by atoms with Gasteiger partial charge in [0, 0.05) is 26.1 Å². The number of amides is 2. The molecule has 2 amide bonds. The number of aryl methyl sites for hydroxylation is 2. The molecule has 0 aromatic heterocycles. The van der Waals surface area contributed by atoms with E-state index in [1.54, 1.807) is 6.92 Å². The van der Waals surface area contributed by atoms with Gasteiger partial charge in [0.1, 0.15) is 5.78 Å². The fourth-order valence-corrected chi connectivity index (χ4v) is 5.65. The molecule has 4 rings (SSSR count). The summed E-state index contributed by atoms with van der Waals surface area (Å²) in [6.07, 6.45) is 3.60. The van der Waals surface area contributed by atoms with Crippen molar-refractivity contribution < 1.29 is 9.59 Å². The molecule has 1 saturated heterocycles. The molecule has 158 valence electrons. The van der Waals surface area contributed by atoms with E-state index in [2.05, 4.69) is 49.5 Å². The Balaban J connectivity index is 1.44. The number of hydrogen-bond donors (Lipinski definition) is 1. The van der Waals surface area contributed by atoms with Crippen molar-refractivity contribution in [1.82, 2.24) is 10.2 Å². The van der Waals surface area contributed by atoms with Crippen molar-refractivity contribution >= 4 is 11.8 Å². The van der Waals surface area contributed by atoms with Crippen LogP contribution in [-0.4, -0.2) is 29.8 Å². The van der Waals surface area contributed by atoms with Crippen molar-refractivity contribution in [1.29, 1.82) is 0 Å². The second-order valence-electron chi connectivity index (χ2n) is 9.20. The SMILES string of the molecule is CC(=O)CC1CC2(CCN(C(=O)NCc3ccccc3C)CC2)c2c(C)cccc21. The highest BCUT2D eigenvalue weighted by molar-refractivity contribution is 5.77. The fourth-order valence-electron chi connectivity index (χ4n) is 5.65. The minimum atomic E-state index is 0.0244. The van der Waals surface area contributed by atoms with E-state index in [1.807, 2.05) is 17.0 Å². The van der Waals surface area contributed by atoms with Crippen LogP contribution in [0.15, 0.2) is 42.5 Å². The molecule has 1 aliphatic heterocycles. The summed E-state index contributed by atoms with van der Waals surface area (Å²) in [6, 6.07) is 14.7. The molecule has 1 unspecified atom stereocenters. The van der Waals surface area contributed by atoms with Crippen molar-refractivity contribution in [3.8, 4) is 0 Å². The third-order valence-electron chi connectivity index (χ3n) is 7.15. The van der Waals surface area contributed by atoms with Crippen LogP contribution in [0.2, 0.25) is 0 Å². The number of carbonyl (C=O) groups is 2. The van der Waals surface area contributed by atoms with Crippen LogP contribution in [0.3, 0.4) is 0 Å². The molecule has 1 spiro atoms. The zero-order valence-electron chi connectivity index (χ0n) is 18.3. The standard InChI is InChI=1S/C26H32N2O2/c1-18-7-4-5-9-21(18)17-27-25(30)28-13-11-26(12-14-28)16-22(15-20(3)29)23-10-6-8-19(2)24(23)26/h4-10,22H,11-17H2,1-3H3,(H,27,30). The molecule has 1 atom stereocenters. The number of rotatable bonds is 4. The number of piperidine rings is 1. The summed E-state index contributed by atoms with van der Waals surface area (Å²) in [5.41, 5.74) is 6.61. The first kappa shape index (κ1) is 20.6. The van der Waals surface area contributed by atoms with E-state index < -0.39 is 0 Å². The summed E-state index contributed by atoms with van der Waals surface area (Å²) in [6.45, 7) is 8.06. The van der Waals surface area contributed by atoms with Gasteiger partial charge in [-0.15, -0.1) is 0 Å². The molecule has 0 saturated carbocycles. The maximum absolute atomic E-state index is 12.8. The average Bonchev–Trinajstić information content (AvgIpc) is 3.01. The number of fused-ring (bicyclic) bond motifs is 2. The lowest BCUT2D eigenvalue weighted by Crippen LogP contribution is -2.48. The van der Waals surface area contributed by atoms with Crippen molar-refractivity contribution in [3.63, 3.8) is 0 Å². The van der Waals surface area contributed by atoms with Crippen molar-refractivity contribution in [3.05, 3.63) is 70.3 Å². The van der Waals surface area contributed by atoms with E-state index in [1.165, 1.54) is 22.3 Å². The number of carbonyl (C=O) groups excluding carboxylic acids is 2. The van der Waals surface area contributed by atoms with Crippen LogP contribution in [-0.2, 0) is 16.8 Å². The Hall–Kier alpha value is -2.62. The average molecular weight is 405 g/mol. The van der Waals surface area contributed by atoms with E-state index in [0.29, 0.717) is 18.9 Å². The molecule has 2 aromatic carbocycles. The topological polar surface area (TPSA) is 49.4 Å². The van der Waals surface area contributed by atoms with E-state index in [-0.39, 0.29) is 17.2 Å². The highest BCUT2D eigenvalue weighted by Crippen LogP contribution is 2.53. The zero-order chi connectivity index (χ0) is 21.3. The van der Waals surface area contributed by atoms with Gasteiger partial charge in [0.2, 0.25) is 0 Å².